The molecule has 0 bridgehead atoms. The maximum absolute atomic E-state index is 11.5. The first kappa shape index (κ1) is 10.2. The average molecular weight is 208 g/mol. The third-order valence-electron chi connectivity index (χ3n) is 2.68. The molecule has 1 unspecified atom stereocenters. The van der Waals surface area contributed by atoms with E-state index in [1.54, 1.807) is 16.8 Å². The van der Waals surface area contributed by atoms with E-state index in [1.807, 2.05) is 0 Å². The van der Waals surface area contributed by atoms with Gasteiger partial charge in [-0.05, 0) is 25.3 Å². The van der Waals surface area contributed by atoms with Gasteiger partial charge in [-0.15, -0.1) is 0 Å². The number of aromatic nitrogens is 1. The van der Waals surface area contributed by atoms with Gasteiger partial charge in [-0.2, -0.15) is 0 Å². The first-order valence-electron chi connectivity index (χ1n) is 5.33. The van der Waals surface area contributed by atoms with Gasteiger partial charge in [-0.1, -0.05) is 0 Å². The molecule has 4 heteroatoms. The van der Waals surface area contributed by atoms with Crippen LogP contribution in [-0.2, 0) is 11.3 Å². The summed E-state index contributed by atoms with van der Waals surface area (Å²) in [5.41, 5.74) is 6.23. The molecule has 1 aliphatic heterocycles. The molecule has 1 aliphatic rings. The van der Waals surface area contributed by atoms with Gasteiger partial charge in [0.2, 0.25) is 0 Å². The Balaban J connectivity index is 2.09. The first-order valence-corrected chi connectivity index (χ1v) is 5.33. The van der Waals surface area contributed by atoms with E-state index >= 15 is 0 Å². The molecule has 0 spiro atoms. The molecule has 15 heavy (non-hydrogen) atoms. The molecular formula is C11H16N2O2. The molecule has 2 N–H and O–H groups in total. The molecule has 2 rings (SSSR count). The summed E-state index contributed by atoms with van der Waals surface area (Å²) >= 11 is 0. The van der Waals surface area contributed by atoms with Crippen molar-refractivity contribution in [3.8, 4) is 0 Å². The SMILES string of the molecule is Nc1ccc(=O)n(CC2CCCCO2)c1. The lowest BCUT2D eigenvalue weighted by atomic mass is 10.1. The van der Waals surface area contributed by atoms with Gasteiger partial charge in [0.1, 0.15) is 0 Å². The van der Waals surface area contributed by atoms with Crippen molar-refractivity contribution in [1.82, 2.24) is 4.57 Å². The highest BCUT2D eigenvalue weighted by molar-refractivity contribution is 5.33. The predicted molar refractivity (Wildman–Crippen MR) is 58.7 cm³/mol. The molecule has 1 atom stereocenters. The molecule has 0 radical (unpaired) electrons. The largest absolute Gasteiger partial charge is 0.398 e. The van der Waals surface area contributed by atoms with Gasteiger partial charge in [-0.25, -0.2) is 0 Å². The van der Waals surface area contributed by atoms with E-state index in [2.05, 4.69) is 0 Å². The molecule has 0 aliphatic carbocycles. The molecule has 1 aromatic heterocycles. The first-order chi connectivity index (χ1) is 7.25. The Labute approximate surface area is 88.7 Å². The number of rotatable bonds is 2. The van der Waals surface area contributed by atoms with E-state index in [0.717, 1.165) is 19.4 Å². The van der Waals surface area contributed by atoms with Gasteiger partial charge in [0, 0.05) is 24.6 Å². The summed E-state index contributed by atoms with van der Waals surface area (Å²) < 4.78 is 7.21. The second-order valence-electron chi connectivity index (χ2n) is 3.94. The van der Waals surface area contributed by atoms with Gasteiger partial charge in [-0.3, -0.25) is 4.79 Å². The van der Waals surface area contributed by atoms with Crippen LogP contribution in [0.1, 0.15) is 19.3 Å². The zero-order valence-electron chi connectivity index (χ0n) is 8.69. The minimum absolute atomic E-state index is 0.0154. The molecular weight excluding hydrogens is 192 g/mol. The Morgan fingerprint density at radius 1 is 1.47 bits per heavy atom. The number of hydrogen-bond donors (Lipinski definition) is 1. The summed E-state index contributed by atoms with van der Waals surface area (Å²) in [7, 11) is 0. The van der Waals surface area contributed by atoms with Crippen molar-refractivity contribution in [2.45, 2.75) is 31.9 Å². The molecule has 4 nitrogen and oxygen atoms in total. The second kappa shape index (κ2) is 4.49. The number of nitrogens with two attached hydrogens (primary N) is 1. The molecule has 0 saturated carbocycles. The smallest absolute Gasteiger partial charge is 0.250 e. The summed E-state index contributed by atoms with van der Waals surface area (Å²) in [4.78, 5) is 11.5. The summed E-state index contributed by atoms with van der Waals surface area (Å²) in [6.07, 6.45) is 5.18. The number of anilines is 1. The van der Waals surface area contributed by atoms with Crippen LogP contribution in [0.2, 0.25) is 0 Å². The van der Waals surface area contributed by atoms with Crippen molar-refractivity contribution in [3.05, 3.63) is 28.7 Å². The molecule has 82 valence electrons. The Kier molecular flexibility index (Phi) is 3.06. The fraction of sp³-hybridized carbons (Fsp3) is 0.545. The Morgan fingerprint density at radius 3 is 3.07 bits per heavy atom. The lowest BCUT2D eigenvalue weighted by Gasteiger charge is -2.23. The molecule has 0 amide bonds. The van der Waals surface area contributed by atoms with E-state index < -0.39 is 0 Å². The van der Waals surface area contributed by atoms with Crippen LogP contribution in [0.25, 0.3) is 0 Å². The minimum atomic E-state index is -0.0154. The zero-order chi connectivity index (χ0) is 10.7. The van der Waals surface area contributed by atoms with E-state index in [9.17, 15) is 4.79 Å². The van der Waals surface area contributed by atoms with Crippen LogP contribution in [0.4, 0.5) is 5.69 Å². The molecule has 2 heterocycles. The number of pyridine rings is 1. The van der Waals surface area contributed by atoms with Crippen molar-refractivity contribution >= 4 is 5.69 Å². The van der Waals surface area contributed by atoms with Crippen molar-refractivity contribution in [1.29, 1.82) is 0 Å². The van der Waals surface area contributed by atoms with Gasteiger partial charge >= 0.3 is 0 Å². The summed E-state index contributed by atoms with van der Waals surface area (Å²) in [5, 5.41) is 0. The highest BCUT2D eigenvalue weighted by Crippen LogP contribution is 2.14. The minimum Gasteiger partial charge on any atom is -0.398 e. The van der Waals surface area contributed by atoms with Crippen LogP contribution in [0.5, 0.6) is 0 Å². The lowest BCUT2D eigenvalue weighted by molar-refractivity contribution is 0.00546. The summed E-state index contributed by atoms with van der Waals surface area (Å²) in [6.45, 7) is 1.42. The van der Waals surface area contributed by atoms with Gasteiger partial charge in [0.15, 0.2) is 0 Å². The molecule has 1 aromatic rings. The Bertz CT molecular complexity index is 380. The van der Waals surface area contributed by atoms with Crippen molar-refractivity contribution in [3.63, 3.8) is 0 Å². The van der Waals surface area contributed by atoms with Crippen molar-refractivity contribution < 1.29 is 4.74 Å². The normalized spacial score (nSPS) is 21.5. The van der Waals surface area contributed by atoms with E-state index in [1.165, 1.54) is 12.5 Å². The highest BCUT2D eigenvalue weighted by Gasteiger charge is 2.14. The van der Waals surface area contributed by atoms with Crippen LogP contribution in [0, 0.1) is 0 Å². The number of hydrogen-bond acceptors (Lipinski definition) is 3. The van der Waals surface area contributed by atoms with E-state index in [-0.39, 0.29) is 11.7 Å². The van der Waals surface area contributed by atoms with Crippen molar-refractivity contribution in [2.75, 3.05) is 12.3 Å². The van der Waals surface area contributed by atoms with Gasteiger partial charge in [0.05, 0.1) is 12.6 Å². The van der Waals surface area contributed by atoms with E-state index in [4.69, 9.17) is 10.5 Å². The average Bonchev–Trinajstić information content (AvgIpc) is 2.25. The third-order valence-corrected chi connectivity index (χ3v) is 2.68. The molecule has 1 fully saturated rings. The number of nitrogen functional groups attached to an aromatic ring is 1. The summed E-state index contributed by atoms with van der Waals surface area (Å²) in [6, 6.07) is 3.12. The van der Waals surface area contributed by atoms with Crippen LogP contribution in [-0.4, -0.2) is 17.3 Å². The van der Waals surface area contributed by atoms with Crippen LogP contribution in [0.15, 0.2) is 23.1 Å². The van der Waals surface area contributed by atoms with Gasteiger partial charge < -0.3 is 15.0 Å². The van der Waals surface area contributed by atoms with Gasteiger partial charge in [0.25, 0.3) is 5.56 Å². The Morgan fingerprint density at radius 2 is 2.33 bits per heavy atom. The van der Waals surface area contributed by atoms with Crippen LogP contribution in [0.3, 0.4) is 0 Å². The quantitative estimate of drug-likeness (QED) is 0.788. The van der Waals surface area contributed by atoms with Crippen molar-refractivity contribution in [2.24, 2.45) is 0 Å². The second-order valence-corrected chi connectivity index (χ2v) is 3.94. The topological polar surface area (TPSA) is 57.2 Å². The Hall–Kier alpha value is -1.29. The number of ether oxygens (including phenoxy) is 1. The fourth-order valence-electron chi connectivity index (χ4n) is 1.86. The van der Waals surface area contributed by atoms with Crippen LogP contribution >= 0.6 is 0 Å². The highest BCUT2D eigenvalue weighted by atomic mass is 16.5. The molecule has 1 saturated heterocycles. The third kappa shape index (κ3) is 2.59. The number of nitrogens with zero attached hydrogens (tertiary/aromatic N) is 1. The zero-order valence-corrected chi connectivity index (χ0v) is 8.69. The predicted octanol–water partition coefficient (Wildman–Crippen LogP) is 1.000. The lowest BCUT2D eigenvalue weighted by Crippen LogP contribution is -2.30. The molecule has 0 aromatic carbocycles. The van der Waals surface area contributed by atoms with Crippen LogP contribution < -0.4 is 11.3 Å². The standard InChI is InChI=1S/C11H16N2O2/c12-9-4-5-11(14)13(7-9)8-10-3-1-2-6-15-10/h4-5,7,10H,1-3,6,8,12H2. The summed E-state index contributed by atoms with van der Waals surface area (Å²) in [5.74, 6) is 0. The van der Waals surface area contributed by atoms with E-state index in [0.29, 0.717) is 12.2 Å². The maximum Gasteiger partial charge on any atom is 0.250 e. The monoisotopic (exact) mass is 208 g/mol. The fourth-order valence-corrected chi connectivity index (χ4v) is 1.86. The maximum atomic E-state index is 11.5.